The van der Waals surface area contributed by atoms with Crippen molar-refractivity contribution < 1.29 is 14.3 Å². The highest BCUT2D eigenvalue weighted by molar-refractivity contribution is 5.74. The summed E-state index contributed by atoms with van der Waals surface area (Å²) in [7, 11) is 0. The summed E-state index contributed by atoms with van der Waals surface area (Å²) in [6.45, 7) is 0.754. The van der Waals surface area contributed by atoms with Crippen LogP contribution in [0.1, 0.15) is 36.4 Å². The maximum atomic E-state index is 13.3. The Bertz CT molecular complexity index is 717. The number of hydrogen-bond acceptors (Lipinski definition) is 2. The second-order valence-electron chi connectivity index (χ2n) is 7.12. The van der Waals surface area contributed by atoms with Crippen LogP contribution in [0.5, 0.6) is 0 Å². The molecule has 144 valence electrons. The summed E-state index contributed by atoms with van der Waals surface area (Å²) in [4.78, 5) is 14.5. The Kier molecular flexibility index (Phi) is 6.82. The van der Waals surface area contributed by atoms with Crippen LogP contribution in [0.2, 0.25) is 0 Å². The Morgan fingerprint density at radius 2 is 1.81 bits per heavy atom. The van der Waals surface area contributed by atoms with Crippen LogP contribution in [0.25, 0.3) is 0 Å². The maximum absolute atomic E-state index is 13.3. The third-order valence-corrected chi connectivity index (χ3v) is 5.30. The van der Waals surface area contributed by atoms with E-state index in [4.69, 9.17) is 0 Å². The molecule has 0 aromatic heterocycles. The van der Waals surface area contributed by atoms with E-state index in [-0.39, 0.29) is 24.5 Å². The van der Waals surface area contributed by atoms with E-state index in [1.807, 2.05) is 30.3 Å². The fourth-order valence-electron chi connectivity index (χ4n) is 3.49. The van der Waals surface area contributed by atoms with Crippen molar-refractivity contribution >= 4 is 6.03 Å². The van der Waals surface area contributed by atoms with Crippen LogP contribution in [0, 0.1) is 11.7 Å². The molecule has 0 aliphatic heterocycles. The van der Waals surface area contributed by atoms with Crippen molar-refractivity contribution in [3.8, 4) is 0 Å². The van der Waals surface area contributed by atoms with E-state index < -0.39 is 0 Å². The number of aliphatic hydroxyl groups is 1. The standard InChI is InChI=1S/C22H27FN2O2/c23-20-11-9-19(10-12-20)21(18-7-4-8-18)24-22(27)25(15-16-26)14-13-17-5-2-1-3-6-17/h1-3,5-6,9-12,18,21,26H,4,7-8,13-16H2,(H,24,27). The zero-order valence-electron chi connectivity index (χ0n) is 15.5. The number of benzene rings is 2. The van der Waals surface area contributed by atoms with E-state index in [9.17, 15) is 14.3 Å². The number of carbonyl (C=O) groups is 1. The van der Waals surface area contributed by atoms with Crippen molar-refractivity contribution in [3.63, 3.8) is 0 Å². The molecule has 1 unspecified atom stereocenters. The molecule has 1 fully saturated rings. The highest BCUT2D eigenvalue weighted by atomic mass is 19.1. The first kappa shape index (κ1) is 19.4. The van der Waals surface area contributed by atoms with E-state index in [1.54, 1.807) is 17.0 Å². The van der Waals surface area contributed by atoms with Gasteiger partial charge in [-0.15, -0.1) is 0 Å². The average Bonchev–Trinajstić information content (AvgIpc) is 2.64. The van der Waals surface area contributed by atoms with Crippen LogP contribution < -0.4 is 5.32 Å². The Morgan fingerprint density at radius 1 is 1.11 bits per heavy atom. The van der Waals surface area contributed by atoms with E-state index in [2.05, 4.69) is 5.32 Å². The number of amides is 2. The molecule has 5 heteroatoms. The largest absolute Gasteiger partial charge is 0.395 e. The van der Waals surface area contributed by atoms with Gasteiger partial charge in [0.25, 0.3) is 0 Å². The van der Waals surface area contributed by atoms with Gasteiger partial charge in [-0.25, -0.2) is 9.18 Å². The molecule has 4 nitrogen and oxygen atoms in total. The monoisotopic (exact) mass is 370 g/mol. The van der Waals surface area contributed by atoms with Crippen molar-refractivity contribution in [1.29, 1.82) is 0 Å². The van der Waals surface area contributed by atoms with Gasteiger partial charge in [-0.2, -0.15) is 0 Å². The number of carbonyl (C=O) groups excluding carboxylic acids is 1. The van der Waals surface area contributed by atoms with Crippen LogP contribution in [0.15, 0.2) is 54.6 Å². The molecule has 2 aromatic carbocycles. The van der Waals surface area contributed by atoms with Gasteiger partial charge in [0.2, 0.25) is 0 Å². The van der Waals surface area contributed by atoms with E-state index >= 15 is 0 Å². The van der Waals surface area contributed by atoms with Gasteiger partial charge < -0.3 is 15.3 Å². The van der Waals surface area contributed by atoms with Crippen LogP contribution in [-0.2, 0) is 6.42 Å². The summed E-state index contributed by atoms with van der Waals surface area (Å²) in [6.07, 6.45) is 4.02. The summed E-state index contributed by atoms with van der Waals surface area (Å²) >= 11 is 0. The first-order chi connectivity index (χ1) is 13.2. The molecule has 0 heterocycles. The van der Waals surface area contributed by atoms with Crippen LogP contribution in [-0.4, -0.2) is 35.7 Å². The molecule has 0 spiro atoms. The molecule has 1 aliphatic carbocycles. The van der Waals surface area contributed by atoms with E-state index in [0.29, 0.717) is 19.0 Å². The lowest BCUT2D eigenvalue weighted by Crippen LogP contribution is -2.46. The Morgan fingerprint density at radius 3 is 2.41 bits per heavy atom. The number of rotatable bonds is 8. The quantitative estimate of drug-likeness (QED) is 0.740. The van der Waals surface area contributed by atoms with E-state index in [0.717, 1.165) is 36.8 Å². The molecule has 27 heavy (non-hydrogen) atoms. The van der Waals surface area contributed by atoms with Gasteiger partial charge in [0.05, 0.1) is 12.6 Å². The van der Waals surface area contributed by atoms with Crippen molar-refractivity contribution in [2.24, 2.45) is 5.92 Å². The molecule has 1 aliphatic rings. The number of urea groups is 1. The predicted octanol–water partition coefficient (Wildman–Crippen LogP) is 3.91. The van der Waals surface area contributed by atoms with Gasteiger partial charge in [0.1, 0.15) is 5.82 Å². The molecule has 0 bridgehead atoms. The predicted molar refractivity (Wildman–Crippen MR) is 104 cm³/mol. The first-order valence-electron chi connectivity index (χ1n) is 9.63. The highest BCUT2D eigenvalue weighted by Crippen LogP contribution is 2.37. The lowest BCUT2D eigenvalue weighted by Gasteiger charge is -2.36. The lowest BCUT2D eigenvalue weighted by molar-refractivity contribution is 0.161. The number of aliphatic hydroxyl groups excluding tert-OH is 1. The number of halogens is 1. The second-order valence-corrected chi connectivity index (χ2v) is 7.12. The summed E-state index contributed by atoms with van der Waals surface area (Å²) in [5, 5.41) is 12.5. The van der Waals surface area contributed by atoms with Crippen LogP contribution >= 0.6 is 0 Å². The van der Waals surface area contributed by atoms with Crippen molar-refractivity contribution in [1.82, 2.24) is 10.2 Å². The smallest absolute Gasteiger partial charge is 0.317 e. The first-order valence-corrected chi connectivity index (χ1v) is 9.63. The van der Waals surface area contributed by atoms with E-state index in [1.165, 1.54) is 12.1 Å². The fraction of sp³-hybridized carbons (Fsp3) is 0.409. The zero-order chi connectivity index (χ0) is 19.1. The average molecular weight is 370 g/mol. The number of nitrogens with one attached hydrogen (secondary N) is 1. The van der Waals surface area contributed by atoms with Gasteiger partial charge in [-0.05, 0) is 48.4 Å². The second kappa shape index (κ2) is 9.51. The highest BCUT2D eigenvalue weighted by Gasteiger charge is 2.30. The topological polar surface area (TPSA) is 52.6 Å². The molecule has 0 saturated heterocycles. The van der Waals surface area contributed by atoms with Crippen LogP contribution in [0.3, 0.4) is 0 Å². The number of nitrogens with zero attached hydrogens (tertiary/aromatic N) is 1. The van der Waals surface area contributed by atoms with Gasteiger partial charge >= 0.3 is 6.03 Å². The lowest BCUT2D eigenvalue weighted by atomic mass is 9.77. The van der Waals surface area contributed by atoms with Crippen molar-refractivity contribution in [2.45, 2.75) is 31.7 Å². The van der Waals surface area contributed by atoms with Gasteiger partial charge in [0.15, 0.2) is 0 Å². The molecule has 3 rings (SSSR count). The zero-order valence-corrected chi connectivity index (χ0v) is 15.5. The SMILES string of the molecule is O=C(NC(c1ccc(F)cc1)C1CCC1)N(CCO)CCc1ccccc1. The molecule has 2 amide bonds. The van der Waals surface area contributed by atoms with Gasteiger partial charge in [-0.3, -0.25) is 0 Å². The van der Waals surface area contributed by atoms with Crippen molar-refractivity contribution in [3.05, 3.63) is 71.5 Å². The normalized spacial score (nSPS) is 15.0. The molecular weight excluding hydrogens is 343 g/mol. The number of hydrogen-bond donors (Lipinski definition) is 2. The van der Waals surface area contributed by atoms with Crippen LogP contribution in [0.4, 0.5) is 9.18 Å². The summed E-state index contributed by atoms with van der Waals surface area (Å²) < 4.78 is 13.3. The molecule has 1 saturated carbocycles. The fourth-order valence-corrected chi connectivity index (χ4v) is 3.49. The third kappa shape index (κ3) is 5.30. The molecule has 2 aromatic rings. The maximum Gasteiger partial charge on any atom is 0.317 e. The van der Waals surface area contributed by atoms with Gasteiger partial charge in [0, 0.05) is 13.1 Å². The Hall–Kier alpha value is -2.40. The minimum absolute atomic E-state index is 0.0765. The third-order valence-electron chi connectivity index (χ3n) is 5.30. The molecule has 0 radical (unpaired) electrons. The Labute approximate surface area is 160 Å². The minimum atomic E-state index is -0.276. The summed E-state index contributed by atoms with van der Waals surface area (Å²) in [5.41, 5.74) is 2.09. The minimum Gasteiger partial charge on any atom is -0.395 e. The Balaban J connectivity index is 1.66. The summed E-state index contributed by atoms with van der Waals surface area (Å²) in [6, 6.07) is 16.1. The molecular formula is C22H27FN2O2. The van der Waals surface area contributed by atoms with Gasteiger partial charge in [-0.1, -0.05) is 48.9 Å². The molecule has 2 N–H and O–H groups in total. The van der Waals surface area contributed by atoms with Crippen molar-refractivity contribution in [2.75, 3.05) is 19.7 Å². The summed E-state index contributed by atoms with van der Waals surface area (Å²) in [5.74, 6) is 0.103. The molecule has 1 atom stereocenters.